The molecule has 0 aliphatic carbocycles. The van der Waals surface area contributed by atoms with E-state index < -0.39 is 0 Å². The zero-order valence-electron chi connectivity index (χ0n) is 26.1. The van der Waals surface area contributed by atoms with Gasteiger partial charge in [0.15, 0.2) is 0 Å². The largest absolute Gasteiger partial charge is 0.327 e. The number of rotatable bonds is 21. The number of hydrogen-bond acceptors (Lipinski definition) is 1. The maximum Gasteiger partial charge on any atom is 0.0911 e. The van der Waals surface area contributed by atoms with Crippen LogP contribution in [0, 0.1) is 17.8 Å². The Bertz CT molecular complexity index is 423. The van der Waals surface area contributed by atoms with E-state index in [-0.39, 0.29) is 0 Å². The van der Waals surface area contributed by atoms with Crippen LogP contribution in [0.4, 0.5) is 0 Å². The highest BCUT2D eigenvalue weighted by Crippen LogP contribution is 2.12. The molecule has 4 heteroatoms. The maximum absolute atomic E-state index is 2.80. The van der Waals surface area contributed by atoms with Crippen LogP contribution in [0.25, 0.3) is 0 Å². The summed E-state index contributed by atoms with van der Waals surface area (Å²) in [5.41, 5.74) is 0. The lowest BCUT2D eigenvalue weighted by atomic mass is 10.1. The minimum atomic E-state index is 0.822. The summed E-state index contributed by atoms with van der Waals surface area (Å²) in [6.45, 7) is 25.5. The van der Waals surface area contributed by atoms with Gasteiger partial charge in [0, 0.05) is 19.6 Å². The lowest BCUT2D eigenvalue weighted by molar-refractivity contribution is -0.895. The smallest absolute Gasteiger partial charge is 0.0911 e. The van der Waals surface area contributed by atoms with Crippen molar-refractivity contribution in [2.24, 2.45) is 17.8 Å². The summed E-state index contributed by atoms with van der Waals surface area (Å²) in [6.07, 6.45) is 8.12. The monoisotopic (exact) mass is 486 g/mol. The third-order valence-electron chi connectivity index (χ3n) is 7.70. The highest BCUT2D eigenvalue weighted by molar-refractivity contribution is 4.59. The van der Waals surface area contributed by atoms with Crippen molar-refractivity contribution in [1.82, 2.24) is 4.90 Å². The van der Waals surface area contributed by atoms with Crippen LogP contribution in [0.5, 0.6) is 0 Å². The second-order valence-corrected chi connectivity index (χ2v) is 14.6. The Hall–Kier alpha value is -0.160. The molecule has 0 heterocycles. The van der Waals surface area contributed by atoms with Gasteiger partial charge in [-0.2, -0.15) is 0 Å². The normalized spacial score (nSPS) is 13.8. The van der Waals surface area contributed by atoms with E-state index >= 15 is 0 Å². The Morgan fingerprint density at radius 2 is 0.647 bits per heavy atom. The van der Waals surface area contributed by atoms with Gasteiger partial charge in [0.1, 0.15) is 0 Å². The van der Waals surface area contributed by atoms with Crippen LogP contribution in [-0.4, -0.2) is 120 Å². The Balaban J connectivity index is 4.89. The fourth-order valence-electron chi connectivity index (χ4n) is 4.69. The fourth-order valence-corrected chi connectivity index (χ4v) is 4.69. The Morgan fingerprint density at radius 1 is 0.412 bits per heavy atom. The lowest BCUT2D eigenvalue weighted by Gasteiger charge is -2.37. The molecule has 0 bridgehead atoms. The van der Waals surface area contributed by atoms with Crippen molar-refractivity contribution >= 4 is 0 Å². The molecule has 0 aromatic heterocycles. The number of quaternary nitrogens is 3. The number of nitrogens with zero attached hydrogens (tertiary/aromatic N) is 4. The van der Waals surface area contributed by atoms with Gasteiger partial charge in [-0.25, -0.2) is 0 Å². The van der Waals surface area contributed by atoms with Crippen LogP contribution in [-0.2, 0) is 0 Å². The van der Waals surface area contributed by atoms with Crippen LogP contribution >= 0.6 is 0 Å². The summed E-state index contributed by atoms with van der Waals surface area (Å²) in [7, 11) is 14.6. The van der Waals surface area contributed by atoms with Gasteiger partial charge in [0.2, 0.25) is 0 Å². The second-order valence-electron chi connectivity index (χ2n) is 14.6. The molecule has 34 heavy (non-hydrogen) atoms. The van der Waals surface area contributed by atoms with Crippen molar-refractivity contribution in [1.29, 1.82) is 0 Å². The van der Waals surface area contributed by atoms with Crippen LogP contribution in [0.2, 0.25) is 0 Å². The minimum Gasteiger partial charge on any atom is -0.327 e. The Morgan fingerprint density at radius 3 is 0.853 bits per heavy atom. The third kappa shape index (κ3) is 20.1. The first kappa shape index (κ1) is 33.8. The maximum atomic E-state index is 2.80. The highest BCUT2D eigenvalue weighted by atomic mass is 15.4. The topological polar surface area (TPSA) is 3.24 Å². The predicted octanol–water partition coefficient (Wildman–Crippen LogP) is 5.83. The average molecular weight is 486 g/mol. The van der Waals surface area contributed by atoms with E-state index in [1.54, 1.807) is 0 Å². The minimum absolute atomic E-state index is 0.822. The van der Waals surface area contributed by atoms with Crippen molar-refractivity contribution in [2.75, 3.05) is 101 Å². The standard InChI is InChI=1S/C30H69N4/c1-28(2)16-13-22-32(7,8)25-19-31(20-26-33(9,10)23-14-17-29(3)4)21-27-34(11,12)24-15-18-30(5)6/h28-30H,13-27H2,1-12H3/q+3. The molecule has 206 valence electrons. The summed E-state index contributed by atoms with van der Waals surface area (Å²) in [4.78, 5) is 2.80. The fraction of sp³-hybridized carbons (Fsp3) is 1.00. The molecular formula is C30H69N4+3. The molecule has 0 unspecified atom stereocenters. The van der Waals surface area contributed by atoms with Crippen LogP contribution < -0.4 is 0 Å². The van der Waals surface area contributed by atoms with Crippen LogP contribution in [0.15, 0.2) is 0 Å². The zero-order valence-corrected chi connectivity index (χ0v) is 26.1. The van der Waals surface area contributed by atoms with Gasteiger partial charge in [-0.3, -0.25) is 4.90 Å². The summed E-state index contributed by atoms with van der Waals surface area (Å²) < 4.78 is 3.47. The highest BCUT2D eigenvalue weighted by Gasteiger charge is 2.23. The van der Waals surface area contributed by atoms with Gasteiger partial charge >= 0.3 is 0 Å². The molecular weight excluding hydrogens is 416 g/mol. The van der Waals surface area contributed by atoms with Gasteiger partial charge in [0.05, 0.1) is 81.6 Å². The number of likely N-dealkylation sites (N-methyl/N-ethyl adjacent to an activating group) is 3. The van der Waals surface area contributed by atoms with E-state index in [1.807, 2.05) is 0 Å². The molecule has 0 atom stereocenters. The molecule has 0 fully saturated rings. The molecule has 0 N–H and O–H groups in total. The molecule has 0 spiro atoms. The first-order valence-corrected chi connectivity index (χ1v) is 14.7. The number of hydrogen-bond donors (Lipinski definition) is 0. The second kappa shape index (κ2) is 16.6. The summed E-state index contributed by atoms with van der Waals surface area (Å²) in [5.74, 6) is 2.47. The van der Waals surface area contributed by atoms with E-state index in [0.29, 0.717) is 0 Å². The van der Waals surface area contributed by atoms with Crippen molar-refractivity contribution in [3.8, 4) is 0 Å². The first-order valence-electron chi connectivity index (χ1n) is 14.7. The molecule has 4 nitrogen and oxygen atoms in total. The quantitative estimate of drug-likeness (QED) is 0.185. The van der Waals surface area contributed by atoms with Gasteiger partial charge in [-0.15, -0.1) is 0 Å². The van der Waals surface area contributed by atoms with Gasteiger partial charge in [-0.05, 0) is 56.3 Å². The molecule has 0 saturated carbocycles. The Labute approximate surface area is 217 Å². The van der Waals surface area contributed by atoms with Crippen molar-refractivity contribution in [3.63, 3.8) is 0 Å². The van der Waals surface area contributed by atoms with Gasteiger partial charge < -0.3 is 13.4 Å². The van der Waals surface area contributed by atoms with E-state index in [4.69, 9.17) is 0 Å². The van der Waals surface area contributed by atoms with Crippen molar-refractivity contribution < 1.29 is 13.4 Å². The van der Waals surface area contributed by atoms with Gasteiger partial charge in [0.25, 0.3) is 0 Å². The molecule has 0 radical (unpaired) electrons. The molecule has 0 saturated heterocycles. The Kier molecular flexibility index (Phi) is 16.5. The van der Waals surface area contributed by atoms with Gasteiger partial charge in [-0.1, -0.05) is 41.5 Å². The molecule has 0 aliphatic rings. The molecule has 0 aromatic carbocycles. The SMILES string of the molecule is CC(C)CCC[N+](C)(C)CCN(CC[N+](C)(C)CCCC(C)C)CC[N+](C)(C)CCCC(C)C. The first-order chi connectivity index (χ1) is 15.5. The molecule has 0 aromatic rings. The summed E-state index contributed by atoms with van der Waals surface area (Å²) in [5, 5.41) is 0. The van der Waals surface area contributed by atoms with E-state index in [0.717, 1.165) is 31.2 Å². The summed E-state index contributed by atoms with van der Waals surface area (Å²) in [6, 6.07) is 0. The van der Waals surface area contributed by atoms with Crippen molar-refractivity contribution in [2.45, 2.75) is 80.1 Å². The van der Waals surface area contributed by atoms with Crippen LogP contribution in [0.1, 0.15) is 80.1 Å². The predicted molar refractivity (Wildman–Crippen MR) is 154 cm³/mol. The summed E-state index contributed by atoms with van der Waals surface area (Å²) >= 11 is 0. The van der Waals surface area contributed by atoms with E-state index in [1.165, 1.54) is 97.4 Å². The van der Waals surface area contributed by atoms with Crippen LogP contribution in [0.3, 0.4) is 0 Å². The molecule has 0 aliphatic heterocycles. The molecule has 0 amide bonds. The van der Waals surface area contributed by atoms with E-state index in [2.05, 4.69) is 88.7 Å². The van der Waals surface area contributed by atoms with E-state index in [9.17, 15) is 0 Å². The molecule has 0 rings (SSSR count). The lowest BCUT2D eigenvalue weighted by Crippen LogP contribution is -2.52. The van der Waals surface area contributed by atoms with Crippen molar-refractivity contribution in [3.05, 3.63) is 0 Å². The third-order valence-corrected chi connectivity index (χ3v) is 7.70. The zero-order chi connectivity index (χ0) is 26.4. The average Bonchev–Trinajstić information content (AvgIpc) is 2.65.